The van der Waals surface area contributed by atoms with Gasteiger partial charge >= 0.3 is 5.97 Å². The Morgan fingerprint density at radius 3 is 2.31 bits per heavy atom. The van der Waals surface area contributed by atoms with Crippen molar-refractivity contribution in [3.05, 3.63) is 11.3 Å². The molecule has 1 N–H and O–H groups in total. The van der Waals surface area contributed by atoms with Crippen LogP contribution in [0.25, 0.3) is 0 Å². The van der Waals surface area contributed by atoms with Crippen LogP contribution in [-0.4, -0.2) is 38.2 Å². The predicted molar refractivity (Wildman–Crippen MR) is 135 cm³/mol. The standard InChI is InChI=1S/C27H50O4Si/c1-9-10-11-12-23(25(28)29)22-14-13-20(2)21(24(22)17-32(6,7)8)15-16-27(5)30-18-26(3,4)19-31-27/h17,20-23H,9-16,18-19H2,1-8H3,(H,28,29)/b24-17+/t20-,21+,22+,23-/m1/s1. The summed E-state index contributed by atoms with van der Waals surface area (Å²) in [6.45, 7) is 19.6. The monoisotopic (exact) mass is 466 g/mol. The van der Waals surface area contributed by atoms with Gasteiger partial charge in [0.15, 0.2) is 5.79 Å². The molecule has 0 radical (unpaired) electrons. The summed E-state index contributed by atoms with van der Waals surface area (Å²) in [5, 5.41) is 10.2. The Balaban J connectivity index is 2.24. The molecule has 32 heavy (non-hydrogen) atoms. The number of ether oxygens (including phenoxy) is 2. The van der Waals surface area contributed by atoms with Crippen LogP contribution in [0.4, 0.5) is 0 Å². The summed E-state index contributed by atoms with van der Waals surface area (Å²) >= 11 is 0. The lowest BCUT2D eigenvalue weighted by Gasteiger charge is -2.44. The largest absolute Gasteiger partial charge is 0.481 e. The fourth-order valence-electron chi connectivity index (χ4n) is 5.46. The molecule has 0 amide bonds. The Bertz CT molecular complexity index is 639. The number of carboxylic acids is 1. The minimum Gasteiger partial charge on any atom is -0.481 e. The quantitative estimate of drug-likeness (QED) is 0.271. The summed E-state index contributed by atoms with van der Waals surface area (Å²) in [6.07, 6.45) is 8.05. The minimum atomic E-state index is -1.50. The van der Waals surface area contributed by atoms with Crippen molar-refractivity contribution in [3.8, 4) is 0 Å². The fourth-order valence-corrected chi connectivity index (χ4v) is 6.89. The van der Waals surface area contributed by atoms with Crippen molar-refractivity contribution in [2.75, 3.05) is 13.2 Å². The number of carboxylic acid groups (broad SMARTS) is 1. The average Bonchev–Trinajstić information content (AvgIpc) is 2.67. The van der Waals surface area contributed by atoms with E-state index in [0.29, 0.717) is 11.8 Å². The zero-order valence-electron chi connectivity index (χ0n) is 22.1. The van der Waals surface area contributed by atoms with Crippen molar-refractivity contribution < 1.29 is 19.4 Å². The van der Waals surface area contributed by atoms with Crippen LogP contribution in [0.15, 0.2) is 11.3 Å². The number of unbranched alkanes of at least 4 members (excludes halogenated alkanes) is 2. The Labute approximate surface area is 198 Å². The molecule has 0 aromatic rings. The molecule has 0 bridgehead atoms. The van der Waals surface area contributed by atoms with Crippen LogP contribution in [0.2, 0.25) is 19.6 Å². The van der Waals surface area contributed by atoms with Gasteiger partial charge < -0.3 is 14.6 Å². The summed E-state index contributed by atoms with van der Waals surface area (Å²) in [6, 6.07) is 0. The van der Waals surface area contributed by atoms with Crippen LogP contribution in [0.3, 0.4) is 0 Å². The summed E-state index contributed by atoms with van der Waals surface area (Å²) in [5.41, 5.74) is 4.06. The lowest BCUT2D eigenvalue weighted by Crippen LogP contribution is -2.46. The van der Waals surface area contributed by atoms with Crippen LogP contribution < -0.4 is 0 Å². The highest BCUT2D eigenvalue weighted by atomic mass is 28.3. The highest BCUT2D eigenvalue weighted by molar-refractivity contribution is 6.81. The number of hydrogen-bond acceptors (Lipinski definition) is 3. The second-order valence-electron chi connectivity index (χ2n) is 12.6. The lowest BCUT2D eigenvalue weighted by atomic mass is 9.65. The van der Waals surface area contributed by atoms with E-state index in [2.05, 4.69) is 60.0 Å². The molecule has 1 heterocycles. The van der Waals surface area contributed by atoms with E-state index in [1.807, 2.05) is 0 Å². The average molecular weight is 467 g/mol. The van der Waals surface area contributed by atoms with Crippen LogP contribution in [0, 0.1) is 29.1 Å². The maximum Gasteiger partial charge on any atom is 0.307 e. The van der Waals surface area contributed by atoms with Gasteiger partial charge in [-0.15, -0.1) is 0 Å². The summed E-state index contributed by atoms with van der Waals surface area (Å²) < 4.78 is 12.4. The molecule has 2 fully saturated rings. The highest BCUT2D eigenvalue weighted by Gasteiger charge is 2.42. The Morgan fingerprint density at radius 1 is 1.16 bits per heavy atom. The fraction of sp³-hybridized carbons (Fsp3) is 0.889. The zero-order chi connectivity index (χ0) is 24.2. The Morgan fingerprint density at radius 2 is 1.78 bits per heavy atom. The summed E-state index contributed by atoms with van der Waals surface area (Å²) in [4.78, 5) is 12.4. The number of carbonyl (C=O) groups is 1. The zero-order valence-corrected chi connectivity index (χ0v) is 23.1. The smallest absolute Gasteiger partial charge is 0.307 e. The molecule has 0 spiro atoms. The van der Waals surface area contributed by atoms with E-state index in [4.69, 9.17) is 9.47 Å². The molecule has 1 aliphatic heterocycles. The van der Waals surface area contributed by atoms with Crippen LogP contribution >= 0.6 is 0 Å². The van der Waals surface area contributed by atoms with Crippen LogP contribution in [0.1, 0.15) is 86.0 Å². The van der Waals surface area contributed by atoms with Gasteiger partial charge in [0, 0.05) is 11.8 Å². The molecule has 2 aliphatic rings. The molecular weight excluding hydrogens is 416 g/mol. The molecule has 5 heteroatoms. The van der Waals surface area contributed by atoms with Crippen molar-refractivity contribution in [2.45, 2.75) is 111 Å². The van der Waals surface area contributed by atoms with Crippen molar-refractivity contribution in [1.82, 2.24) is 0 Å². The van der Waals surface area contributed by atoms with E-state index in [9.17, 15) is 9.90 Å². The molecule has 0 unspecified atom stereocenters. The third kappa shape index (κ3) is 7.98. The topological polar surface area (TPSA) is 55.8 Å². The first-order valence-corrected chi connectivity index (χ1v) is 16.6. The molecule has 1 saturated heterocycles. The predicted octanol–water partition coefficient (Wildman–Crippen LogP) is 7.30. The summed E-state index contributed by atoms with van der Waals surface area (Å²) in [5.74, 6) is -0.209. The van der Waals surface area contributed by atoms with E-state index in [0.717, 1.165) is 64.6 Å². The first-order chi connectivity index (χ1) is 14.8. The first-order valence-electron chi connectivity index (χ1n) is 13.0. The van der Waals surface area contributed by atoms with Gasteiger partial charge in [-0.1, -0.05) is 77.9 Å². The molecule has 1 aliphatic carbocycles. The third-order valence-corrected chi connectivity index (χ3v) is 8.64. The van der Waals surface area contributed by atoms with Gasteiger partial charge in [-0.05, 0) is 50.4 Å². The van der Waals surface area contributed by atoms with E-state index in [1.165, 1.54) is 5.57 Å². The van der Waals surface area contributed by atoms with Crippen molar-refractivity contribution in [3.63, 3.8) is 0 Å². The van der Waals surface area contributed by atoms with Gasteiger partial charge in [-0.3, -0.25) is 4.79 Å². The van der Waals surface area contributed by atoms with Gasteiger partial charge in [0.25, 0.3) is 0 Å². The second-order valence-corrected chi connectivity index (χ2v) is 17.7. The van der Waals surface area contributed by atoms with Crippen molar-refractivity contribution in [1.29, 1.82) is 0 Å². The molecular formula is C27H50O4Si. The highest BCUT2D eigenvalue weighted by Crippen LogP contribution is 2.47. The SMILES string of the molecule is CCCCC[C@@H](C(=O)O)[C@@H]1CC[C@@H](C)[C@H](CCC2(C)OCC(C)(C)CO2)/C1=C\[Si](C)(C)C. The van der Waals surface area contributed by atoms with Crippen molar-refractivity contribution >= 4 is 14.0 Å². The molecule has 4 atom stereocenters. The molecule has 0 aromatic heterocycles. The molecule has 186 valence electrons. The maximum atomic E-state index is 12.4. The van der Waals surface area contributed by atoms with Crippen molar-refractivity contribution in [2.24, 2.45) is 29.1 Å². The van der Waals surface area contributed by atoms with Gasteiger partial charge in [-0.2, -0.15) is 0 Å². The summed E-state index contributed by atoms with van der Waals surface area (Å²) in [7, 11) is -1.50. The lowest BCUT2D eigenvalue weighted by molar-refractivity contribution is -0.293. The number of rotatable bonds is 10. The number of aliphatic carboxylic acids is 1. The van der Waals surface area contributed by atoms with E-state index >= 15 is 0 Å². The molecule has 0 aromatic carbocycles. The van der Waals surface area contributed by atoms with Gasteiger partial charge in [0.2, 0.25) is 0 Å². The molecule has 2 rings (SSSR count). The molecule has 4 nitrogen and oxygen atoms in total. The maximum absolute atomic E-state index is 12.4. The van der Waals surface area contributed by atoms with E-state index < -0.39 is 19.8 Å². The Hall–Kier alpha value is -0.653. The number of allylic oxidation sites excluding steroid dienone is 1. The molecule has 1 saturated carbocycles. The van der Waals surface area contributed by atoms with Gasteiger partial charge in [0.1, 0.15) is 0 Å². The van der Waals surface area contributed by atoms with Gasteiger partial charge in [0.05, 0.1) is 27.2 Å². The minimum absolute atomic E-state index is 0.0683. The van der Waals surface area contributed by atoms with E-state index in [1.54, 1.807) is 0 Å². The van der Waals surface area contributed by atoms with Crippen LogP contribution in [-0.2, 0) is 14.3 Å². The second kappa shape index (κ2) is 11.2. The Kier molecular flexibility index (Phi) is 9.64. The number of hydrogen-bond donors (Lipinski definition) is 1. The van der Waals surface area contributed by atoms with Gasteiger partial charge in [-0.25, -0.2) is 0 Å². The normalized spacial score (nSPS) is 30.2. The first kappa shape index (κ1) is 27.6. The van der Waals surface area contributed by atoms with E-state index in [-0.39, 0.29) is 17.3 Å². The third-order valence-electron chi connectivity index (χ3n) is 7.44. The van der Waals surface area contributed by atoms with Crippen LogP contribution in [0.5, 0.6) is 0 Å².